The lowest BCUT2D eigenvalue weighted by Gasteiger charge is -2.28. The lowest BCUT2D eigenvalue weighted by atomic mass is 10.0. The van der Waals surface area contributed by atoms with Crippen molar-refractivity contribution in [3.63, 3.8) is 0 Å². The van der Waals surface area contributed by atoms with Gasteiger partial charge in [0.2, 0.25) is 35.4 Å². The summed E-state index contributed by atoms with van der Waals surface area (Å²) in [5.74, 6) is -5.92. The highest BCUT2D eigenvalue weighted by Gasteiger charge is 2.44. The van der Waals surface area contributed by atoms with Crippen molar-refractivity contribution in [2.75, 3.05) is 13.1 Å². The largest absolute Gasteiger partial charge is 0.370 e. The van der Waals surface area contributed by atoms with Crippen LogP contribution in [0.15, 0.2) is 78.3 Å². The molecule has 0 saturated carbocycles. The van der Waals surface area contributed by atoms with Gasteiger partial charge in [-0.2, -0.15) is 0 Å². The maximum Gasteiger partial charge on any atom is 0.325 e. The number of nitrogens with two attached hydrogens (primary N) is 2. The van der Waals surface area contributed by atoms with Gasteiger partial charge in [0, 0.05) is 61.3 Å². The highest BCUT2D eigenvalue weighted by atomic mass is 16.2. The van der Waals surface area contributed by atoms with Crippen molar-refractivity contribution in [1.29, 1.82) is 0 Å². The van der Waals surface area contributed by atoms with E-state index in [4.69, 9.17) is 11.5 Å². The number of benzene rings is 2. The maximum atomic E-state index is 14.6. The molecule has 2 aromatic heterocycles. The van der Waals surface area contributed by atoms with Gasteiger partial charge in [-0.05, 0) is 63.1 Å². The molecule has 2 bridgehead atoms. The van der Waals surface area contributed by atoms with Gasteiger partial charge in [0.05, 0.1) is 18.8 Å². The van der Waals surface area contributed by atoms with Crippen molar-refractivity contribution in [3.8, 4) is 0 Å². The van der Waals surface area contributed by atoms with Crippen molar-refractivity contribution in [2.45, 2.75) is 114 Å². The normalized spacial score (nSPS) is 23.8. The molecule has 7 atom stereocenters. The molecule has 4 aromatic rings. The van der Waals surface area contributed by atoms with Gasteiger partial charge < -0.3 is 58.7 Å². The fourth-order valence-electron chi connectivity index (χ4n) is 8.27. The number of urea groups is 1. The molecule has 0 radical (unpaired) electrons. The van der Waals surface area contributed by atoms with Crippen LogP contribution in [0.25, 0.3) is 10.9 Å². The van der Waals surface area contributed by atoms with Crippen molar-refractivity contribution < 1.29 is 43.2 Å². The number of ketones is 1. The zero-order valence-electron chi connectivity index (χ0n) is 38.9. The zero-order chi connectivity index (χ0) is 50.3. The number of para-hydroxylation sites is 1. The van der Waals surface area contributed by atoms with E-state index in [2.05, 4.69) is 57.2 Å². The SMILES string of the molecule is CC(=O)[C@@H]1CCCCNC(=O)C[C@@H]2NC(=O)N(C2=O)[C@H](C)C(=O)N[C@@H](Cc2cnc[nH]2)C(=O)N[C@H](Cc2ccccc2)C(=O)N[C@@H](CCCN=C(N)N)C(=O)N[C@@H](Cc2c[nH]c3ccccc23)C(=O)N1. The first-order valence-corrected chi connectivity index (χ1v) is 23.1. The number of rotatable bonds is 11. The molecule has 9 amide bonds. The minimum Gasteiger partial charge on any atom is -0.370 e. The Labute approximate surface area is 402 Å². The molecule has 13 N–H and O–H groups in total. The smallest absolute Gasteiger partial charge is 0.325 e. The molecule has 2 aliphatic heterocycles. The average Bonchev–Trinajstić information content (AvgIpc) is 4.07. The molecule has 2 fully saturated rings. The molecule has 0 spiro atoms. The summed E-state index contributed by atoms with van der Waals surface area (Å²) in [4.78, 5) is 139. The zero-order valence-corrected chi connectivity index (χ0v) is 38.9. The highest BCUT2D eigenvalue weighted by Crippen LogP contribution is 2.20. The number of hydrogen-bond donors (Lipinski definition) is 11. The van der Waals surface area contributed by atoms with Crippen LogP contribution in [0.1, 0.15) is 69.2 Å². The molecule has 6 rings (SSSR count). The van der Waals surface area contributed by atoms with E-state index in [0.717, 1.165) is 10.9 Å². The van der Waals surface area contributed by atoms with E-state index in [1.54, 1.807) is 36.5 Å². The van der Waals surface area contributed by atoms with E-state index in [1.807, 2.05) is 24.3 Å². The Hall–Kier alpha value is -8.11. The quantitative estimate of drug-likeness (QED) is 0.0373. The number of nitrogens with zero attached hydrogens (tertiary/aromatic N) is 3. The number of aromatic nitrogens is 3. The molecule has 2 aromatic carbocycles. The Bertz CT molecular complexity index is 2560. The van der Waals surface area contributed by atoms with Gasteiger partial charge >= 0.3 is 6.03 Å². The summed E-state index contributed by atoms with van der Waals surface area (Å²) in [5, 5.41) is 19.7. The number of aromatic amines is 2. The number of imidazole rings is 1. The maximum absolute atomic E-state index is 14.6. The van der Waals surface area contributed by atoms with E-state index in [9.17, 15) is 43.2 Å². The van der Waals surface area contributed by atoms with Crippen LogP contribution < -0.4 is 48.7 Å². The van der Waals surface area contributed by atoms with Gasteiger partial charge in [-0.3, -0.25) is 48.2 Å². The van der Waals surface area contributed by atoms with E-state index in [0.29, 0.717) is 34.6 Å². The molecule has 372 valence electrons. The first kappa shape index (κ1) is 51.3. The van der Waals surface area contributed by atoms with Gasteiger partial charge in [-0.25, -0.2) is 9.78 Å². The second-order valence-corrected chi connectivity index (χ2v) is 17.3. The summed E-state index contributed by atoms with van der Waals surface area (Å²) in [7, 11) is 0. The number of guanidine groups is 1. The van der Waals surface area contributed by atoms with Crippen LogP contribution in [0.4, 0.5) is 4.79 Å². The molecule has 0 unspecified atom stereocenters. The lowest BCUT2D eigenvalue weighted by Crippen LogP contribution is -2.60. The second-order valence-electron chi connectivity index (χ2n) is 17.3. The second kappa shape index (κ2) is 24.3. The van der Waals surface area contributed by atoms with E-state index in [1.165, 1.54) is 26.4 Å². The molecular weight excluding hydrogens is 905 g/mol. The van der Waals surface area contributed by atoms with Crippen LogP contribution in [0, 0.1) is 0 Å². The van der Waals surface area contributed by atoms with Gasteiger partial charge in [0.1, 0.15) is 36.3 Å². The number of hydrogen-bond acceptors (Lipinski definition) is 11. The minimum absolute atomic E-state index is 0.0244. The van der Waals surface area contributed by atoms with Crippen LogP contribution in [0.2, 0.25) is 0 Å². The Morgan fingerprint density at radius 1 is 0.743 bits per heavy atom. The number of nitrogens with one attached hydrogen (secondary N) is 9. The Morgan fingerprint density at radius 3 is 2.09 bits per heavy atom. The third kappa shape index (κ3) is 14.0. The fraction of sp³-hybridized carbons (Fsp3) is 0.426. The van der Waals surface area contributed by atoms with E-state index in [-0.39, 0.29) is 63.4 Å². The number of aliphatic imine (C=N–C) groups is 1. The van der Waals surface area contributed by atoms with Crippen molar-refractivity contribution in [1.82, 2.24) is 57.1 Å². The average molecular weight is 965 g/mol. The molecule has 23 heteroatoms. The summed E-state index contributed by atoms with van der Waals surface area (Å²) >= 11 is 0. The fourth-order valence-corrected chi connectivity index (χ4v) is 8.27. The number of amides is 9. The van der Waals surface area contributed by atoms with Crippen LogP contribution in [0.3, 0.4) is 0 Å². The summed E-state index contributed by atoms with van der Waals surface area (Å²) in [6, 6.07) is 6.08. The van der Waals surface area contributed by atoms with Gasteiger partial charge in [-0.1, -0.05) is 48.5 Å². The number of fused-ring (bicyclic) bond motifs is 3. The molecule has 2 aliphatic rings. The lowest BCUT2D eigenvalue weighted by molar-refractivity contribution is -0.138. The van der Waals surface area contributed by atoms with Crippen LogP contribution in [-0.4, -0.2) is 134 Å². The number of H-pyrrole nitrogens is 2. The monoisotopic (exact) mass is 964 g/mol. The molecule has 23 nitrogen and oxygen atoms in total. The first-order valence-electron chi connectivity index (χ1n) is 23.1. The predicted octanol–water partition coefficient (Wildman–Crippen LogP) is -1.02. The molecular formula is C47H60N14O9. The van der Waals surface area contributed by atoms with E-state index < -0.39 is 96.1 Å². The van der Waals surface area contributed by atoms with Gasteiger partial charge in [0.25, 0.3) is 5.91 Å². The van der Waals surface area contributed by atoms with Crippen LogP contribution in [-0.2, 0) is 57.6 Å². The summed E-state index contributed by atoms with van der Waals surface area (Å²) < 4.78 is 0. The summed E-state index contributed by atoms with van der Waals surface area (Å²) in [6.45, 7) is 2.83. The summed E-state index contributed by atoms with van der Waals surface area (Å²) in [6.07, 6.45) is 4.87. The standard InChI is InChI=1S/C47H60N14O9/c1-26-40(64)57-37(21-30-24-50-25-54-30)44(68)58-35(19-28-11-4-3-5-12-28)42(66)56-34(16-10-18-52-46(48)49)41(65)59-36(20-29-23-53-33-15-7-6-13-31(29)33)43(67)55-32(27(2)62)14-8-9-17-51-39(63)22-38-45(69)61(26)47(70)60-38/h3-7,11-13,15,23-26,32,34-38,53H,8-10,14,16-22H2,1-2H3,(H,50,54)(H,51,63)(H,55,67)(H,56,66)(H,57,64)(H,58,68)(H,59,65)(H,60,70)(H4,48,49,52)/t26-,32+,34+,35-,36+,37+,38+/m1/s1. The third-order valence-electron chi connectivity index (χ3n) is 12.1. The van der Waals surface area contributed by atoms with E-state index >= 15 is 0 Å². The summed E-state index contributed by atoms with van der Waals surface area (Å²) in [5.41, 5.74) is 13.7. The highest BCUT2D eigenvalue weighted by molar-refractivity contribution is 6.09. The van der Waals surface area contributed by atoms with Crippen molar-refractivity contribution in [3.05, 3.63) is 90.1 Å². The number of carbonyl (C=O) groups is 9. The predicted molar refractivity (Wildman–Crippen MR) is 255 cm³/mol. The number of Topliss-reactive ketones (excluding diaryl/α,β-unsaturated/α-hetero) is 1. The first-order chi connectivity index (χ1) is 33.6. The van der Waals surface area contributed by atoms with Gasteiger partial charge in [0.15, 0.2) is 11.7 Å². The third-order valence-corrected chi connectivity index (χ3v) is 12.1. The van der Waals surface area contributed by atoms with Crippen LogP contribution in [0.5, 0.6) is 0 Å². The Balaban J connectivity index is 1.35. The topological polar surface area (TPSA) is 350 Å². The van der Waals surface area contributed by atoms with Crippen LogP contribution >= 0.6 is 0 Å². The molecule has 70 heavy (non-hydrogen) atoms. The molecule has 0 aliphatic carbocycles. The van der Waals surface area contributed by atoms with Crippen molar-refractivity contribution in [2.24, 2.45) is 16.5 Å². The van der Waals surface area contributed by atoms with Crippen molar-refractivity contribution >= 4 is 70.0 Å². The minimum atomic E-state index is -1.45. The number of carbonyl (C=O) groups excluding carboxylic acids is 9. The molecule has 4 heterocycles. The number of imide groups is 1. The van der Waals surface area contributed by atoms with Gasteiger partial charge in [-0.15, -0.1) is 0 Å². The molecule has 2 saturated heterocycles. The Morgan fingerprint density at radius 2 is 1.39 bits per heavy atom. The Kier molecular flexibility index (Phi) is 17.8.